The molecule has 0 rings (SSSR count). The Morgan fingerprint density at radius 3 is 2.45 bits per heavy atom. The quantitative estimate of drug-likeness (QED) is 0.517. The first-order valence-corrected chi connectivity index (χ1v) is 4.89. The van der Waals surface area contributed by atoms with Crippen LogP contribution >= 0.6 is 0 Å². The van der Waals surface area contributed by atoms with Crippen LogP contribution in [-0.2, 0) is 4.74 Å². The Labute approximate surface area is 71.1 Å². The van der Waals surface area contributed by atoms with E-state index < -0.39 is 0 Å². The van der Waals surface area contributed by atoms with Gasteiger partial charge < -0.3 is 4.74 Å². The van der Waals surface area contributed by atoms with Gasteiger partial charge in [-0.1, -0.05) is 33.6 Å². The Bertz CT molecular complexity index is 71.3. The fourth-order valence-corrected chi connectivity index (χ4v) is 1.06. The maximum Gasteiger partial charge on any atom is 0.0491 e. The molecule has 0 spiro atoms. The van der Waals surface area contributed by atoms with E-state index in [0.29, 0.717) is 0 Å². The molecule has 1 nitrogen and oxygen atoms in total. The van der Waals surface area contributed by atoms with E-state index in [1.54, 1.807) is 0 Å². The molecule has 0 aromatic rings. The van der Waals surface area contributed by atoms with E-state index in [-0.39, 0.29) is 0 Å². The van der Waals surface area contributed by atoms with E-state index in [4.69, 9.17) is 4.74 Å². The predicted octanol–water partition coefficient (Wildman–Crippen LogP) is 3.24. The van der Waals surface area contributed by atoms with Gasteiger partial charge in [0.05, 0.1) is 0 Å². The lowest BCUT2D eigenvalue weighted by atomic mass is 10.1. The Balaban J connectivity index is 3.02. The van der Waals surface area contributed by atoms with E-state index in [1.807, 2.05) is 0 Å². The number of rotatable bonds is 7. The third kappa shape index (κ3) is 7.86. The zero-order valence-electron chi connectivity index (χ0n) is 8.23. The highest BCUT2D eigenvalue weighted by atomic mass is 16.5. The molecule has 0 saturated carbocycles. The summed E-state index contributed by atoms with van der Waals surface area (Å²) in [6.45, 7) is 8.53. The van der Waals surface area contributed by atoms with E-state index in [9.17, 15) is 0 Å². The van der Waals surface area contributed by atoms with Gasteiger partial charge in [0, 0.05) is 13.2 Å². The number of hydrogen-bond donors (Lipinski definition) is 0. The Hall–Kier alpha value is -0.0400. The molecular weight excluding hydrogens is 136 g/mol. The van der Waals surface area contributed by atoms with Crippen LogP contribution in [-0.4, -0.2) is 13.2 Å². The normalized spacial score (nSPS) is 13.4. The van der Waals surface area contributed by atoms with Gasteiger partial charge in [-0.25, -0.2) is 0 Å². The Morgan fingerprint density at radius 1 is 1.18 bits per heavy atom. The summed E-state index contributed by atoms with van der Waals surface area (Å²) in [6, 6.07) is 0. The van der Waals surface area contributed by atoms with Crippen LogP contribution in [0.5, 0.6) is 0 Å². The van der Waals surface area contributed by atoms with Gasteiger partial charge in [0.2, 0.25) is 0 Å². The zero-order valence-corrected chi connectivity index (χ0v) is 8.23. The summed E-state index contributed by atoms with van der Waals surface area (Å²) in [4.78, 5) is 0. The molecule has 0 radical (unpaired) electrons. The van der Waals surface area contributed by atoms with Gasteiger partial charge >= 0.3 is 0 Å². The molecule has 1 heteroatoms. The standard InChI is InChI=1S/C10H22O/c1-4-6-7-10(3)9-11-8-5-2/h10H,4-9H2,1-3H3/t10-/m0/s1. The van der Waals surface area contributed by atoms with E-state index in [0.717, 1.165) is 25.6 Å². The highest BCUT2D eigenvalue weighted by Gasteiger charge is 1.99. The zero-order chi connectivity index (χ0) is 8.53. The van der Waals surface area contributed by atoms with Crippen LogP contribution in [0.25, 0.3) is 0 Å². The second-order valence-corrected chi connectivity index (χ2v) is 3.32. The minimum absolute atomic E-state index is 0.751. The molecule has 1 atom stereocenters. The van der Waals surface area contributed by atoms with Gasteiger partial charge in [-0.2, -0.15) is 0 Å². The predicted molar refractivity (Wildman–Crippen MR) is 49.8 cm³/mol. The highest BCUT2D eigenvalue weighted by Crippen LogP contribution is 2.07. The molecular formula is C10H22O. The monoisotopic (exact) mass is 158 g/mol. The molecule has 0 bridgehead atoms. The third-order valence-electron chi connectivity index (χ3n) is 1.80. The largest absolute Gasteiger partial charge is 0.381 e. The third-order valence-corrected chi connectivity index (χ3v) is 1.80. The summed E-state index contributed by atoms with van der Waals surface area (Å²) in [5.41, 5.74) is 0. The molecule has 0 saturated heterocycles. The summed E-state index contributed by atoms with van der Waals surface area (Å²) in [5.74, 6) is 0.751. The molecule has 0 fully saturated rings. The lowest BCUT2D eigenvalue weighted by Crippen LogP contribution is -2.06. The second kappa shape index (κ2) is 8.06. The molecule has 0 amide bonds. The van der Waals surface area contributed by atoms with Crippen LogP contribution in [0.4, 0.5) is 0 Å². The van der Waals surface area contributed by atoms with Gasteiger partial charge in [-0.3, -0.25) is 0 Å². The topological polar surface area (TPSA) is 9.23 Å². The van der Waals surface area contributed by atoms with Crippen molar-refractivity contribution in [3.8, 4) is 0 Å². The van der Waals surface area contributed by atoms with Gasteiger partial charge in [0.1, 0.15) is 0 Å². The summed E-state index contributed by atoms with van der Waals surface area (Å²) in [6.07, 6.45) is 5.11. The second-order valence-electron chi connectivity index (χ2n) is 3.32. The van der Waals surface area contributed by atoms with Crippen molar-refractivity contribution in [1.29, 1.82) is 0 Å². The summed E-state index contributed by atoms with van der Waals surface area (Å²) in [7, 11) is 0. The van der Waals surface area contributed by atoms with Crippen molar-refractivity contribution < 1.29 is 4.74 Å². The van der Waals surface area contributed by atoms with E-state index >= 15 is 0 Å². The smallest absolute Gasteiger partial charge is 0.0491 e. The van der Waals surface area contributed by atoms with Gasteiger partial charge in [0.25, 0.3) is 0 Å². The van der Waals surface area contributed by atoms with Crippen molar-refractivity contribution in [3.63, 3.8) is 0 Å². The molecule has 0 N–H and O–H groups in total. The van der Waals surface area contributed by atoms with Crippen molar-refractivity contribution in [1.82, 2.24) is 0 Å². The molecule has 68 valence electrons. The summed E-state index contributed by atoms with van der Waals surface area (Å²) >= 11 is 0. The lowest BCUT2D eigenvalue weighted by molar-refractivity contribution is 0.102. The summed E-state index contributed by atoms with van der Waals surface area (Å²) in [5, 5.41) is 0. The van der Waals surface area contributed by atoms with Crippen LogP contribution in [0.2, 0.25) is 0 Å². The van der Waals surface area contributed by atoms with Crippen LogP contribution in [0.15, 0.2) is 0 Å². The van der Waals surface area contributed by atoms with Crippen LogP contribution in [0, 0.1) is 5.92 Å². The SMILES string of the molecule is CCCC[C@H](C)COCCC. The average Bonchev–Trinajstić information content (AvgIpc) is 2.01. The molecule has 0 aliphatic carbocycles. The lowest BCUT2D eigenvalue weighted by Gasteiger charge is -2.10. The number of hydrogen-bond acceptors (Lipinski definition) is 1. The van der Waals surface area contributed by atoms with Crippen molar-refractivity contribution in [2.24, 2.45) is 5.92 Å². The van der Waals surface area contributed by atoms with Gasteiger partial charge in [0.15, 0.2) is 0 Å². The highest BCUT2D eigenvalue weighted by molar-refractivity contribution is 4.50. The molecule has 0 aromatic heterocycles. The first-order chi connectivity index (χ1) is 5.31. The molecule has 0 heterocycles. The maximum absolute atomic E-state index is 5.44. The first-order valence-electron chi connectivity index (χ1n) is 4.89. The number of ether oxygens (including phenoxy) is 1. The van der Waals surface area contributed by atoms with Gasteiger partial charge in [-0.15, -0.1) is 0 Å². The van der Waals surface area contributed by atoms with Crippen LogP contribution in [0.3, 0.4) is 0 Å². The van der Waals surface area contributed by atoms with E-state index in [1.165, 1.54) is 19.3 Å². The van der Waals surface area contributed by atoms with Gasteiger partial charge in [-0.05, 0) is 18.8 Å². The van der Waals surface area contributed by atoms with E-state index in [2.05, 4.69) is 20.8 Å². The maximum atomic E-state index is 5.44. The fraction of sp³-hybridized carbons (Fsp3) is 1.00. The Morgan fingerprint density at radius 2 is 1.91 bits per heavy atom. The molecule has 11 heavy (non-hydrogen) atoms. The fourth-order valence-electron chi connectivity index (χ4n) is 1.06. The minimum atomic E-state index is 0.751. The molecule has 0 aliphatic heterocycles. The van der Waals surface area contributed by atoms with Crippen LogP contribution in [0.1, 0.15) is 46.5 Å². The van der Waals surface area contributed by atoms with Crippen molar-refractivity contribution >= 4 is 0 Å². The Kier molecular flexibility index (Phi) is 8.03. The van der Waals surface area contributed by atoms with Crippen LogP contribution < -0.4 is 0 Å². The van der Waals surface area contributed by atoms with Crippen molar-refractivity contribution in [2.75, 3.05) is 13.2 Å². The average molecular weight is 158 g/mol. The van der Waals surface area contributed by atoms with Crippen molar-refractivity contribution in [3.05, 3.63) is 0 Å². The molecule has 0 unspecified atom stereocenters. The number of unbranched alkanes of at least 4 members (excludes halogenated alkanes) is 1. The van der Waals surface area contributed by atoms with Crippen molar-refractivity contribution in [2.45, 2.75) is 46.5 Å². The first kappa shape index (κ1) is 11.0. The molecule has 0 aliphatic rings. The molecule has 0 aromatic carbocycles. The summed E-state index contributed by atoms with van der Waals surface area (Å²) < 4.78 is 5.44. The minimum Gasteiger partial charge on any atom is -0.381 e.